The average Bonchev–Trinajstić information content (AvgIpc) is 2.11. The Morgan fingerprint density at radius 1 is 1.43 bits per heavy atom. The molecule has 0 saturated carbocycles. The van der Waals surface area contributed by atoms with Crippen molar-refractivity contribution in [3.63, 3.8) is 0 Å². The number of nitrogens with one attached hydrogen (secondary N) is 1. The van der Waals surface area contributed by atoms with E-state index in [4.69, 9.17) is 46.4 Å². The highest BCUT2D eigenvalue weighted by molar-refractivity contribution is 6.58. The van der Waals surface area contributed by atoms with Crippen molar-refractivity contribution < 1.29 is 4.79 Å². The van der Waals surface area contributed by atoms with E-state index in [2.05, 4.69) is 11.9 Å². The molecule has 0 aromatic heterocycles. The smallest absolute Gasteiger partial charge is 0.257 e. The second-order valence-electron chi connectivity index (χ2n) is 2.40. The maximum atomic E-state index is 11.3. The van der Waals surface area contributed by atoms with E-state index in [1.165, 1.54) is 12.2 Å². The molecular weight excluding hydrogens is 268 g/mol. The van der Waals surface area contributed by atoms with E-state index in [9.17, 15) is 4.79 Å². The fourth-order valence-corrected chi connectivity index (χ4v) is 1.03. The van der Waals surface area contributed by atoms with Gasteiger partial charge in [-0.15, -0.1) is 6.58 Å². The van der Waals surface area contributed by atoms with Crippen LogP contribution >= 0.6 is 46.4 Å². The Balaban J connectivity index is 4.22. The quantitative estimate of drug-likeness (QED) is 0.607. The standard InChI is InChI=1S/C8H9Cl4NO/c1-2-5-13-7(14)8(11,12)4-3-6(9)10/h2-3H,1,4-5H2,(H,13,14). The first-order chi connectivity index (χ1) is 6.40. The third kappa shape index (κ3) is 5.76. The van der Waals surface area contributed by atoms with Crippen LogP contribution in [0.3, 0.4) is 0 Å². The minimum Gasteiger partial charge on any atom is -0.350 e. The summed E-state index contributed by atoms with van der Waals surface area (Å²) in [5.41, 5.74) is 0. The Bertz CT molecular complexity index is 246. The molecular formula is C8H9Cl4NO. The van der Waals surface area contributed by atoms with Gasteiger partial charge in [0.05, 0.1) is 0 Å². The van der Waals surface area contributed by atoms with Crippen LogP contribution in [0, 0.1) is 0 Å². The first kappa shape index (κ1) is 14.1. The number of rotatable bonds is 5. The second kappa shape index (κ2) is 6.57. The van der Waals surface area contributed by atoms with Crippen molar-refractivity contribution in [2.24, 2.45) is 0 Å². The van der Waals surface area contributed by atoms with Crippen molar-refractivity contribution in [3.8, 4) is 0 Å². The van der Waals surface area contributed by atoms with E-state index in [-0.39, 0.29) is 10.9 Å². The topological polar surface area (TPSA) is 29.1 Å². The summed E-state index contributed by atoms with van der Waals surface area (Å²) in [7, 11) is 0. The Morgan fingerprint density at radius 2 is 2.00 bits per heavy atom. The summed E-state index contributed by atoms with van der Waals surface area (Å²) in [4.78, 5) is 11.3. The van der Waals surface area contributed by atoms with Crippen LogP contribution < -0.4 is 5.32 Å². The Kier molecular flexibility index (Phi) is 6.62. The molecule has 6 heteroatoms. The van der Waals surface area contributed by atoms with Gasteiger partial charge >= 0.3 is 0 Å². The monoisotopic (exact) mass is 275 g/mol. The Hall–Kier alpha value is 0.110. The number of hydrogen-bond acceptors (Lipinski definition) is 1. The lowest BCUT2D eigenvalue weighted by Gasteiger charge is -2.16. The molecule has 0 rings (SSSR count). The maximum absolute atomic E-state index is 11.3. The molecule has 0 aliphatic heterocycles. The van der Waals surface area contributed by atoms with Crippen LogP contribution in [0.15, 0.2) is 23.2 Å². The van der Waals surface area contributed by atoms with E-state index >= 15 is 0 Å². The van der Waals surface area contributed by atoms with Gasteiger partial charge in [0, 0.05) is 13.0 Å². The molecule has 0 atom stereocenters. The average molecular weight is 277 g/mol. The summed E-state index contributed by atoms with van der Waals surface area (Å²) >= 11 is 22.2. The SMILES string of the molecule is C=CCNC(=O)C(Cl)(Cl)CC=C(Cl)Cl. The Labute approximate surface area is 103 Å². The molecule has 2 nitrogen and oxygen atoms in total. The molecule has 0 radical (unpaired) electrons. The van der Waals surface area contributed by atoms with Crippen LogP contribution in [-0.2, 0) is 4.79 Å². The normalized spacial score (nSPS) is 10.6. The molecule has 0 fully saturated rings. The van der Waals surface area contributed by atoms with Gasteiger partial charge in [-0.1, -0.05) is 58.6 Å². The lowest BCUT2D eigenvalue weighted by Crippen LogP contribution is -2.38. The fourth-order valence-electron chi connectivity index (χ4n) is 0.592. The second-order valence-corrected chi connectivity index (χ2v) is 4.89. The fraction of sp³-hybridized carbons (Fsp3) is 0.375. The van der Waals surface area contributed by atoms with Gasteiger partial charge in [0.15, 0.2) is 4.33 Å². The highest BCUT2D eigenvalue weighted by Crippen LogP contribution is 2.27. The van der Waals surface area contributed by atoms with Gasteiger partial charge in [-0.2, -0.15) is 0 Å². The maximum Gasteiger partial charge on any atom is 0.257 e. The zero-order chi connectivity index (χ0) is 11.2. The minimum atomic E-state index is -1.56. The van der Waals surface area contributed by atoms with Crippen molar-refractivity contribution in [1.29, 1.82) is 0 Å². The molecule has 80 valence electrons. The molecule has 14 heavy (non-hydrogen) atoms. The van der Waals surface area contributed by atoms with Crippen molar-refractivity contribution in [2.45, 2.75) is 10.8 Å². The van der Waals surface area contributed by atoms with E-state index < -0.39 is 10.2 Å². The lowest BCUT2D eigenvalue weighted by atomic mass is 10.2. The summed E-state index contributed by atoms with van der Waals surface area (Å²) in [5.74, 6) is -0.508. The summed E-state index contributed by atoms with van der Waals surface area (Å²) in [6.07, 6.45) is 2.92. The molecule has 0 unspecified atom stereocenters. The molecule has 0 aliphatic carbocycles. The van der Waals surface area contributed by atoms with Crippen LogP contribution in [-0.4, -0.2) is 16.8 Å². The number of hydrogen-bond donors (Lipinski definition) is 1. The van der Waals surface area contributed by atoms with Gasteiger partial charge in [0.25, 0.3) is 5.91 Å². The number of allylic oxidation sites excluding steroid dienone is 1. The molecule has 0 spiro atoms. The van der Waals surface area contributed by atoms with Crippen LogP contribution in [0.2, 0.25) is 0 Å². The number of alkyl halides is 2. The summed E-state index contributed by atoms with van der Waals surface area (Å²) in [5, 5.41) is 2.46. The predicted octanol–water partition coefficient (Wildman–Crippen LogP) is 3.17. The zero-order valence-electron chi connectivity index (χ0n) is 7.20. The van der Waals surface area contributed by atoms with Crippen LogP contribution in [0.5, 0.6) is 0 Å². The molecule has 1 amide bonds. The highest BCUT2D eigenvalue weighted by Gasteiger charge is 2.31. The minimum absolute atomic E-state index is 0.0206. The van der Waals surface area contributed by atoms with E-state index in [0.29, 0.717) is 6.54 Å². The summed E-state index contributed by atoms with van der Waals surface area (Å²) in [6, 6.07) is 0. The van der Waals surface area contributed by atoms with Gasteiger partial charge in [0.1, 0.15) is 4.49 Å². The van der Waals surface area contributed by atoms with Gasteiger partial charge in [0.2, 0.25) is 0 Å². The molecule has 1 N–H and O–H groups in total. The molecule has 0 aliphatic rings. The number of carbonyl (C=O) groups is 1. The number of halogens is 4. The first-order valence-electron chi connectivity index (χ1n) is 3.68. The largest absolute Gasteiger partial charge is 0.350 e. The van der Waals surface area contributed by atoms with Gasteiger partial charge < -0.3 is 5.32 Å². The van der Waals surface area contributed by atoms with Crippen LogP contribution in [0.4, 0.5) is 0 Å². The van der Waals surface area contributed by atoms with Crippen molar-refractivity contribution >= 4 is 52.3 Å². The van der Waals surface area contributed by atoms with Crippen molar-refractivity contribution in [2.75, 3.05) is 6.54 Å². The summed E-state index contributed by atoms with van der Waals surface area (Å²) in [6.45, 7) is 3.74. The van der Waals surface area contributed by atoms with Crippen LogP contribution in [0.1, 0.15) is 6.42 Å². The van der Waals surface area contributed by atoms with Gasteiger partial charge in [-0.25, -0.2) is 0 Å². The third-order valence-corrected chi connectivity index (χ3v) is 2.21. The third-order valence-electron chi connectivity index (χ3n) is 1.25. The molecule has 0 aromatic rings. The van der Waals surface area contributed by atoms with E-state index in [1.807, 2.05) is 0 Å². The van der Waals surface area contributed by atoms with Gasteiger partial charge in [-0.05, 0) is 0 Å². The first-order valence-corrected chi connectivity index (χ1v) is 5.19. The molecule has 0 aromatic carbocycles. The highest BCUT2D eigenvalue weighted by atomic mass is 35.5. The molecule has 0 saturated heterocycles. The Morgan fingerprint density at radius 3 is 2.43 bits per heavy atom. The number of carbonyl (C=O) groups excluding carboxylic acids is 1. The predicted molar refractivity (Wildman–Crippen MR) is 62.0 cm³/mol. The molecule has 0 heterocycles. The van der Waals surface area contributed by atoms with Crippen molar-refractivity contribution in [3.05, 3.63) is 23.2 Å². The van der Waals surface area contributed by atoms with E-state index in [1.54, 1.807) is 0 Å². The zero-order valence-corrected chi connectivity index (χ0v) is 10.2. The van der Waals surface area contributed by atoms with Gasteiger partial charge in [-0.3, -0.25) is 4.79 Å². The summed E-state index contributed by atoms with van der Waals surface area (Å²) < 4.78 is -1.54. The number of amides is 1. The molecule has 0 bridgehead atoms. The lowest BCUT2D eigenvalue weighted by molar-refractivity contribution is -0.121. The van der Waals surface area contributed by atoms with Crippen LogP contribution in [0.25, 0.3) is 0 Å². The van der Waals surface area contributed by atoms with Crippen molar-refractivity contribution in [1.82, 2.24) is 5.32 Å². The van der Waals surface area contributed by atoms with E-state index in [0.717, 1.165) is 0 Å².